The van der Waals surface area contributed by atoms with Crippen LogP contribution in [0.5, 0.6) is 0 Å². The van der Waals surface area contributed by atoms with Crippen LogP contribution < -0.4 is 0 Å². The van der Waals surface area contributed by atoms with Crippen molar-refractivity contribution in [2.24, 2.45) is 5.92 Å². The third-order valence-electron chi connectivity index (χ3n) is 2.84. The predicted molar refractivity (Wildman–Crippen MR) is 70.5 cm³/mol. The van der Waals surface area contributed by atoms with Gasteiger partial charge in [0.1, 0.15) is 0 Å². The van der Waals surface area contributed by atoms with Crippen LogP contribution in [0.2, 0.25) is 0 Å². The fourth-order valence-corrected chi connectivity index (χ4v) is 1.88. The molecule has 1 aromatic carbocycles. The van der Waals surface area contributed by atoms with Crippen LogP contribution in [0.1, 0.15) is 32.3 Å². The van der Waals surface area contributed by atoms with Crippen molar-refractivity contribution in [3.8, 4) is 0 Å². The molecule has 0 radical (unpaired) electrons. The van der Waals surface area contributed by atoms with E-state index in [1.807, 2.05) is 12.1 Å². The Labute approximate surface area is 107 Å². The van der Waals surface area contributed by atoms with Crippen LogP contribution in [-0.2, 0) is 6.42 Å². The summed E-state index contributed by atoms with van der Waals surface area (Å²) in [5.74, 6) is 0.447. The number of nitro groups is 1. The van der Waals surface area contributed by atoms with Crippen molar-refractivity contribution in [2.75, 3.05) is 0 Å². The second kappa shape index (κ2) is 6.60. The van der Waals surface area contributed by atoms with E-state index >= 15 is 0 Å². The highest BCUT2D eigenvalue weighted by molar-refractivity contribution is 6.20. The van der Waals surface area contributed by atoms with Gasteiger partial charge in [-0.2, -0.15) is 0 Å². The number of alkyl halides is 1. The van der Waals surface area contributed by atoms with Gasteiger partial charge in [-0.3, -0.25) is 10.1 Å². The Hall–Kier alpha value is -1.09. The lowest BCUT2D eigenvalue weighted by Gasteiger charge is -2.12. The number of benzene rings is 1. The van der Waals surface area contributed by atoms with E-state index in [0.29, 0.717) is 12.3 Å². The van der Waals surface area contributed by atoms with Gasteiger partial charge in [-0.05, 0) is 25.2 Å². The first-order valence-corrected chi connectivity index (χ1v) is 6.32. The maximum absolute atomic E-state index is 10.8. The Bertz CT molecular complexity index is 379. The zero-order valence-corrected chi connectivity index (χ0v) is 11.0. The molecule has 0 fully saturated rings. The molecule has 0 amide bonds. The van der Waals surface area contributed by atoms with Crippen molar-refractivity contribution >= 4 is 17.3 Å². The van der Waals surface area contributed by atoms with Gasteiger partial charge in [-0.25, -0.2) is 0 Å². The largest absolute Gasteiger partial charge is 0.272 e. The highest BCUT2D eigenvalue weighted by atomic mass is 35.5. The zero-order valence-electron chi connectivity index (χ0n) is 10.2. The monoisotopic (exact) mass is 255 g/mol. The lowest BCUT2D eigenvalue weighted by Crippen LogP contribution is -2.08. The molecule has 0 heterocycles. The molecule has 0 bridgehead atoms. The Balaban J connectivity index is 2.55. The van der Waals surface area contributed by atoms with Crippen LogP contribution in [0, 0.1) is 16.0 Å². The molecule has 1 atom stereocenters. The first-order chi connectivity index (χ1) is 8.02. The van der Waals surface area contributed by atoms with Crippen molar-refractivity contribution in [3.63, 3.8) is 0 Å². The van der Waals surface area contributed by atoms with Crippen LogP contribution in [0.25, 0.3) is 0 Å². The number of hydrogen-bond acceptors (Lipinski definition) is 2. The minimum atomic E-state index is -0.323. The molecule has 0 saturated carbocycles. The zero-order chi connectivity index (χ0) is 12.8. The second-order valence-electron chi connectivity index (χ2n) is 4.54. The van der Waals surface area contributed by atoms with Gasteiger partial charge < -0.3 is 0 Å². The molecular formula is C13H18ClNO2. The Morgan fingerprint density at radius 2 is 2.00 bits per heavy atom. The highest BCUT2D eigenvalue weighted by Crippen LogP contribution is 2.22. The third kappa shape index (κ3) is 4.35. The topological polar surface area (TPSA) is 43.1 Å². The molecule has 4 heteroatoms. The minimum Gasteiger partial charge on any atom is -0.258 e. The van der Waals surface area contributed by atoms with E-state index in [9.17, 15) is 10.1 Å². The van der Waals surface area contributed by atoms with Crippen molar-refractivity contribution in [1.29, 1.82) is 0 Å². The maximum atomic E-state index is 10.8. The molecule has 1 aromatic rings. The van der Waals surface area contributed by atoms with Gasteiger partial charge in [0.2, 0.25) is 0 Å². The van der Waals surface area contributed by atoms with Crippen molar-refractivity contribution in [2.45, 2.75) is 38.5 Å². The molecule has 3 nitrogen and oxygen atoms in total. The van der Waals surface area contributed by atoms with Crippen LogP contribution >= 0.6 is 11.6 Å². The van der Waals surface area contributed by atoms with Crippen LogP contribution in [0.3, 0.4) is 0 Å². The summed E-state index contributed by atoms with van der Waals surface area (Å²) in [6.07, 6.45) is 2.50. The molecule has 0 aromatic heterocycles. The van der Waals surface area contributed by atoms with E-state index in [2.05, 4.69) is 13.8 Å². The minimum absolute atomic E-state index is 0.151. The quantitative estimate of drug-likeness (QED) is 0.435. The standard InChI is InChI=1S/C13H18ClNO2/c1-10(2)12(14)8-5-7-11-6-3-4-9-13(11)15(16)17/h3-4,6,9-10,12H,5,7-8H2,1-2H3. The van der Waals surface area contributed by atoms with Gasteiger partial charge in [0.15, 0.2) is 0 Å². The summed E-state index contributed by atoms with van der Waals surface area (Å²) in [6.45, 7) is 4.17. The SMILES string of the molecule is CC(C)C(Cl)CCCc1ccccc1[N+](=O)[O-]. The summed E-state index contributed by atoms with van der Waals surface area (Å²) in [5.41, 5.74) is 1.01. The van der Waals surface area contributed by atoms with Crippen LogP contribution in [0.15, 0.2) is 24.3 Å². The van der Waals surface area contributed by atoms with Gasteiger partial charge in [0, 0.05) is 17.0 Å². The van der Waals surface area contributed by atoms with Gasteiger partial charge >= 0.3 is 0 Å². The Morgan fingerprint density at radius 1 is 1.35 bits per heavy atom. The summed E-state index contributed by atoms with van der Waals surface area (Å²) in [6, 6.07) is 6.90. The van der Waals surface area contributed by atoms with Crippen molar-refractivity contribution in [1.82, 2.24) is 0 Å². The molecule has 17 heavy (non-hydrogen) atoms. The van der Waals surface area contributed by atoms with Crippen molar-refractivity contribution in [3.05, 3.63) is 39.9 Å². The summed E-state index contributed by atoms with van der Waals surface area (Å²) in [4.78, 5) is 10.5. The van der Waals surface area contributed by atoms with E-state index in [1.165, 1.54) is 0 Å². The molecule has 0 aliphatic carbocycles. The number of nitrogens with zero attached hydrogens (tertiary/aromatic N) is 1. The summed E-state index contributed by atoms with van der Waals surface area (Å²) in [5, 5.41) is 11.0. The number of para-hydroxylation sites is 1. The molecule has 94 valence electrons. The second-order valence-corrected chi connectivity index (χ2v) is 5.10. The Morgan fingerprint density at radius 3 is 2.59 bits per heavy atom. The van der Waals surface area contributed by atoms with E-state index in [-0.39, 0.29) is 16.0 Å². The van der Waals surface area contributed by atoms with Gasteiger partial charge in [-0.1, -0.05) is 32.0 Å². The molecule has 1 rings (SSSR count). The fraction of sp³-hybridized carbons (Fsp3) is 0.538. The highest BCUT2D eigenvalue weighted by Gasteiger charge is 2.13. The first kappa shape index (κ1) is 14.0. The van der Waals surface area contributed by atoms with Gasteiger partial charge in [0.25, 0.3) is 5.69 Å². The number of aryl methyl sites for hydroxylation is 1. The third-order valence-corrected chi connectivity index (χ3v) is 3.56. The molecule has 0 aliphatic rings. The number of nitro benzene ring substituents is 1. The molecule has 0 saturated heterocycles. The van der Waals surface area contributed by atoms with E-state index < -0.39 is 0 Å². The molecule has 0 spiro atoms. The molecular weight excluding hydrogens is 238 g/mol. The predicted octanol–water partition coefficient (Wildman–Crippen LogP) is 4.18. The number of halogens is 1. The molecule has 1 unspecified atom stereocenters. The molecule has 0 N–H and O–H groups in total. The smallest absolute Gasteiger partial charge is 0.258 e. The fourth-order valence-electron chi connectivity index (χ4n) is 1.72. The average Bonchev–Trinajstić information content (AvgIpc) is 2.29. The summed E-state index contributed by atoms with van der Waals surface area (Å²) in [7, 11) is 0. The first-order valence-electron chi connectivity index (χ1n) is 5.88. The Kier molecular flexibility index (Phi) is 5.42. The number of rotatable bonds is 6. The lowest BCUT2D eigenvalue weighted by atomic mass is 10.0. The van der Waals surface area contributed by atoms with Gasteiger partial charge in [-0.15, -0.1) is 11.6 Å². The van der Waals surface area contributed by atoms with E-state index in [0.717, 1.165) is 18.4 Å². The molecule has 0 aliphatic heterocycles. The average molecular weight is 256 g/mol. The van der Waals surface area contributed by atoms with Gasteiger partial charge in [0.05, 0.1) is 4.92 Å². The van der Waals surface area contributed by atoms with E-state index in [4.69, 9.17) is 11.6 Å². The summed E-state index contributed by atoms with van der Waals surface area (Å²) < 4.78 is 0. The van der Waals surface area contributed by atoms with Crippen LogP contribution in [-0.4, -0.2) is 10.3 Å². The summed E-state index contributed by atoms with van der Waals surface area (Å²) >= 11 is 6.15. The van der Waals surface area contributed by atoms with Crippen molar-refractivity contribution < 1.29 is 4.92 Å². The lowest BCUT2D eigenvalue weighted by molar-refractivity contribution is -0.385. The normalized spacial score (nSPS) is 12.7. The maximum Gasteiger partial charge on any atom is 0.272 e. The van der Waals surface area contributed by atoms with E-state index in [1.54, 1.807) is 12.1 Å². The van der Waals surface area contributed by atoms with Crippen LogP contribution in [0.4, 0.5) is 5.69 Å². The number of hydrogen-bond donors (Lipinski definition) is 0.